The zero-order valence-electron chi connectivity index (χ0n) is 21.3. The van der Waals surface area contributed by atoms with E-state index >= 15 is 0 Å². The number of anilines is 1. The fourth-order valence-corrected chi connectivity index (χ4v) is 5.84. The summed E-state index contributed by atoms with van der Waals surface area (Å²) in [6, 6.07) is 27.8. The van der Waals surface area contributed by atoms with E-state index < -0.39 is 5.60 Å². The molecule has 0 amide bonds. The molecule has 37 heavy (non-hydrogen) atoms. The van der Waals surface area contributed by atoms with E-state index in [0.29, 0.717) is 6.61 Å². The van der Waals surface area contributed by atoms with Gasteiger partial charge in [-0.15, -0.1) is 0 Å². The third-order valence-corrected chi connectivity index (χ3v) is 8.02. The van der Waals surface area contributed by atoms with Gasteiger partial charge in [0, 0.05) is 50.7 Å². The van der Waals surface area contributed by atoms with Gasteiger partial charge in [-0.25, -0.2) is 0 Å². The van der Waals surface area contributed by atoms with Crippen molar-refractivity contribution in [1.29, 1.82) is 0 Å². The highest BCUT2D eigenvalue weighted by Crippen LogP contribution is 2.47. The highest BCUT2D eigenvalue weighted by molar-refractivity contribution is 9.10. The molecule has 1 saturated heterocycles. The van der Waals surface area contributed by atoms with E-state index in [4.69, 9.17) is 9.47 Å². The molecule has 0 bridgehead atoms. The zero-order chi connectivity index (χ0) is 25.2. The average Bonchev–Trinajstić information content (AvgIpc) is 2.96. The van der Waals surface area contributed by atoms with Crippen molar-refractivity contribution in [3.8, 4) is 11.5 Å². The van der Waals surface area contributed by atoms with Gasteiger partial charge in [-0.2, -0.15) is 0 Å². The molecule has 0 aromatic heterocycles. The number of nitrogens with zero attached hydrogens (tertiary/aromatic N) is 1. The Morgan fingerprint density at radius 2 is 1.54 bits per heavy atom. The van der Waals surface area contributed by atoms with Gasteiger partial charge in [-0.3, -0.25) is 0 Å². The highest BCUT2D eigenvalue weighted by atomic mass is 79.9. The summed E-state index contributed by atoms with van der Waals surface area (Å²) in [6.45, 7) is 5.06. The van der Waals surface area contributed by atoms with E-state index in [1.54, 1.807) is 0 Å². The molecule has 2 aliphatic rings. The first-order valence-electron chi connectivity index (χ1n) is 13.4. The van der Waals surface area contributed by atoms with Crippen LogP contribution in [0.25, 0.3) is 16.8 Å². The maximum Gasteiger partial charge on any atom is 0.178 e. The van der Waals surface area contributed by atoms with Gasteiger partial charge in [-0.1, -0.05) is 77.5 Å². The summed E-state index contributed by atoms with van der Waals surface area (Å²) in [6.07, 6.45) is 9.28. The molecule has 0 radical (unpaired) electrons. The Balaban J connectivity index is 1.49. The van der Waals surface area contributed by atoms with E-state index in [0.717, 1.165) is 57.6 Å². The Morgan fingerprint density at radius 1 is 0.865 bits per heavy atom. The summed E-state index contributed by atoms with van der Waals surface area (Å²) in [5.41, 5.74) is 3.87. The van der Waals surface area contributed by atoms with Crippen LogP contribution in [0.15, 0.2) is 89.4 Å². The first kappa shape index (κ1) is 24.1. The van der Waals surface area contributed by atoms with Crippen molar-refractivity contribution < 1.29 is 9.47 Å². The molecule has 1 atom stereocenters. The van der Waals surface area contributed by atoms with Crippen molar-refractivity contribution in [2.75, 3.05) is 24.6 Å². The van der Waals surface area contributed by atoms with Crippen LogP contribution in [-0.2, 0) is 5.60 Å². The minimum absolute atomic E-state index is 0.715. The SMILES string of the molecule is CCCOc1ccc(C2(c3ccc(Br)cc3)C=Cc3cc(N4CCCCC4)c4ccccc4c3O2)cc1. The molecule has 2 aliphatic heterocycles. The molecule has 1 unspecified atom stereocenters. The molecular weight excluding hydrogens is 522 g/mol. The smallest absolute Gasteiger partial charge is 0.178 e. The third kappa shape index (κ3) is 4.53. The Hall–Kier alpha value is -3.24. The number of halogens is 1. The first-order chi connectivity index (χ1) is 18.2. The zero-order valence-corrected chi connectivity index (χ0v) is 22.8. The van der Waals surface area contributed by atoms with Crippen LogP contribution in [0.4, 0.5) is 5.69 Å². The van der Waals surface area contributed by atoms with Gasteiger partial charge in [-0.05, 0) is 62.1 Å². The topological polar surface area (TPSA) is 21.7 Å². The molecule has 4 aromatic carbocycles. The molecule has 2 heterocycles. The fourth-order valence-electron chi connectivity index (χ4n) is 5.58. The van der Waals surface area contributed by atoms with E-state index in [9.17, 15) is 0 Å². The predicted molar refractivity (Wildman–Crippen MR) is 157 cm³/mol. The van der Waals surface area contributed by atoms with Gasteiger partial charge in [0.05, 0.1) is 6.61 Å². The lowest BCUT2D eigenvalue weighted by atomic mass is 9.83. The van der Waals surface area contributed by atoms with Gasteiger partial charge in [0.25, 0.3) is 0 Å². The van der Waals surface area contributed by atoms with E-state index in [2.05, 4.69) is 119 Å². The number of piperidine rings is 1. The van der Waals surface area contributed by atoms with Crippen molar-refractivity contribution in [3.63, 3.8) is 0 Å². The molecule has 6 rings (SSSR count). The van der Waals surface area contributed by atoms with Crippen molar-refractivity contribution in [2.45, 2.75) is 38.2 Å². The summed E-state index contributed by atoms with van der Waals surface area (Å²) >= 11 is 3.60. The van der Waals surface area contributed by atoms with Gasteiger partial charge < -0.3 is 14.4 Å². The van der Waals surface area contributed by atoms with E-state index in [-0.39, 0.29) is 0 Å². The highest BCUT2D eigenvalue weighted by Gasteiger charge is 2.38. The van der Waals surface area contributed by atoms with Gasteiger partial charge in [0.2, 0.25) is 0 Å². The van der Waals surface area contributed by atoms with Crippen LogP contribution >= 0.6 is 15.9 Å². The van der Waals surface area contributed by atoms with E-state index in [1.807, 2.05) is 0 Å². The molecule has 4 heteroatoms. The number of hydrogen-bond donors (Lipinski definition) is 0. The summed E-state index contributed by atoms with van der Waals surface area (Å²) in [4.78, 5) is 2.55. The maximum absolute atomic E-state index is 7.15. The number of hydrogen-bond acceptors (Lipinski definition) is 3. The number of rotatable bonds is 6. The Kier molecular flexibility index (Phi) is 6.69. The third-order valence-electron chi connectivity index (χ3n) is 7.49. The number of fused-ring (bicyclic) bond motifs is 3. The maximum atomic E-state index is 7.15. The standard InChI is InChI=1S/C33H32BrNO2/c1-2-22-36-28-16-12-26(13-17-28)33(25-10-14-27(34)15-11-25)19-18-24-23-31(35-20-6-3-7-21-35)29-8-4-5-9-30(29)32(24)37-33/h4-5,8-19,23H,2-3,6-7,20-22H2,1H3. The average molecular weight is 555 g/mol. The van der Waals surface area contributed by atoms with Crippen LogP contribution in [0.2, 0.25) is 0 Å². The first-order valence-corrected chi connectivity index (χ1v) is 14.2. The largest absolute Gasteiger partial charge is 0.494 e. The van der Waals surface area contributed by atoms with E-state index in [1.165, 1.54) is 30.3 Å². The second-order valence-electron chi connectivity index (χ2n) is 9.96. The van der Waals surface area contributed by atoms with Crippen LogP contribution in [0.1, 0.15) is 49.3 Å². The fraction of sp³-hybridized carbons (Fsp3) is 0.273. The van der Waals surface area contributed by atoms with Crippen molar-refractivity contribution in [1.82, 2.24) is 0 Å². The molecule has 188 valence electrons. The second kappa shape index (κ2) is 10.3. The molecule has 0 saturated carbocycles. The molecule has 3 nitrogen and oxygen atoms in total. The minimum atomic E-state index is -0.744. The quantitative estimate of drug-likeness (QED) is 0.238. The van der Waals surface area contributed by atoms with Crippen LogP contribution in [0.3, 0.4) is 0 Å². The van der Waals surface area contributed by atoms with Crippen LogP contribution < -0.4 is 14.4 Å². The van der Waals surface area contributed by atoms with Crippen molar-refractivity contribution >= 4 is 38.5 Å². The molecule has 4 aromatic rings. The summed E-state index contributed by atoms with van der Waals surface area (Å²) in [7, 11) is 0. The molecule has 0 spiro atoms. The van der Waals surface area contributed by atoms with Gasteiger partial charge in [0.15, 0.2) is 5.60 Å². The summed E-state index contributed by atoms with van der Waals surface area (Å²) < 4.78 is 14.1. The minimum Gasteiger partial charge on any atom is -0.494 e. The lowest BCUT2D eigenvalue weighted by Gasteiger charge is -2.38. The van der Waals surface area contributed by atoms with Gasteiger partial charge in [0.1, 0.15) is 11.5 Å². The summed E-state index contributed by atoms with van der Waals surface area (Å²) in [5.74, 6) is 1.82. The predicted octanol–water partition coefficient (Wildman–Crippen LogP) is 8.73. The van der Waals surface area contributed by atoms with Crippen molar-refractivity contribution in [2.24, 2.45) is 0 Å². The number of ether oxygens (including phenoxy) is 2. The Labute approximate surface area is 227 Å². The number of benzene rings is 4. The Morgan fingerprint density at radius 3 is 2.24 bits per heavy atom. The molecule has 1 fully saturated rings. The van der Waals surface area contributed by atoms with Gasteiger partial charge >= 0.3 is 0 Å². The molecular formula is C33H32BrNO2. The lowest BCUT2D eigenvalue weighted by molar-refractivity contribution is 0.163. The molecule has 0 N–H and O–H groups in total. The van der Waals surface area contributed by atoms with Crippen LogP contribution in [0, 0.1) is 0 Å². The van der Waals surface area contributed by atoms with Crippen LogP contribution in [-0.4, -0.2) is 19.7 Å². The normalized spacial score (nSPS) is 18.9. The Bertz CT molecular complexity index is 1420. The van der Waals surface area contributed by atoms with Crippen molar-refractivity contribution in [3.05, 3.63) is 106 Å². The molecule has 0 aliphatic carbocycles. The second-order valence-corrected chi connectivity index (χ2v) is 10.9. The van der Waals surface area contributed by atoms with Crippen LogP contribution in [0.5, 0.6) is 11.5 Å². The summed E-state index contributed by atoms with van der Waals surface area (Å²) in [5, 5.41) is 2.42. The monoisotopic (exact) mass is 553 g/mol. The lowest BCUT2D eigenvalue weighted by Crippen LogP contribution is -2.34.